The first-order chi connectivity index (χ1) is 6.77. The lowest BCUT2D eigenvalue weighted by Crippen LogP contribution is -2.22. The minimum atomic E-state index is -0.537. The Morgan fingerprint density at radius 2 is 1.86 bits per heavy atom. The molecule has 0 unspecified atom stereocenters. The van der Waals surface area contributed by atoms with E-state index < -0.39 is 11.9 Å². The second-order valence-electron chi connectivity index (χ2n) is 2.69. The fraction of sp³-hybridized carbons (Fsp3) is 0.111. The van der Waals surface area contributed by atoms with Gasteiger partial charge in [0.05, 0.1) is 11.1 Å². The number of hydrogen-bond acceptors (Lipinski definition) is 5. The van der Waals surface area contributed by atoms with Crippen LogP contribution in [0, 0.1) is 0 Å². The molecule has 0 saturated carbocycles. The molecule has 0 aliphatic carbocycles. The van der Waals surface area contributed by atoms with Crippen LogP contribution in [0.25, 0.3) is 0 Å². The molecule has 72 valence electrons. The topological polar surface area (TPSA) is 64.6 Å². The SMILES string of the molecule is O=C1OCNOC(=O)c2cccc1c2. The highest BCUT2D eigenvalue weighted by Crippen LogP contribution is 2.09. The maximum atomic E-state index is 11.3. The van der Waals surface area contributed by atoms with E-state index >= 15 is 0 Å². The highest BCUT2D eigenvalue weighted by atomic mass is 16.7. The van der Waals surface area contributed by atoms with Gasteiger partial charge in [0.1, 0.15) is 0 Å². The van der Waals surface area contributed by atoms with E-state index in [1.807, 2.05) is 0 Å². The van der Waals surface area contributed by atoms with Crippen LogP contribution in [0.1, 0.15) is 20.7 Å². The molecule has 14 heavy (non-hydrogen) atoms. The number of hydrogen-bond donors (Lipinski definition) is 1. The van der Waals surface area contributed by atoms with Gasteiger partial charge in [-0.25, -0.2) is 9.59 Å². The Kier molecular flexibility index (Phi) is 2.16. The Morgan fingerprint density at radius 1 is 1.14 bits per heavy atom. The molecular formula is C9H7NO4. The van der Waals surface area contributed by atoms with Crippen LogP contribution in [-0.4, -0.2) is 18.7 Å². The molecule has 0 aromatic heterocycles. The highest BCUT2D eigenvalue weighted by Gasteiger charge is 2.14. The van der Waals surface area contributed by atoms with Crippen LogP contribution in [-0.2, 0) is 9.57 Å². The summed E-state index contributed by atoms with van der Waals surface area (Å²) in [4.78, 5) is 27.1. The number of fused-ring (bicyclic) bond motifs is 2. The molecule has 0 radical (unpaired) electrons. The molecule has 2 bridgehead atoms. The van der Waals surface area contributed by atoms with Crippen molar-refractivity contribution in [1.29, 1.82) is 0 Å². The van der Waals surface area contributed by atoms with Crippen LogP contribution >= 0.6 is 0 Å². The van der Waals surface area contributed by atoms with Gasteiger partial charge in [0.25, 0.3) is 0 Å². The summed E-state index contributed by atoms with van der Waals surface area (Å²) in [5, 5.41) is 0. The smallest absolute Gasteiger partial charge is 0.356 e. The van der Waals surface area contributed by atoms with Crippen LogP contribution in [0.2, 0.25) is 0 Å². The number of nitrogens with one attached hydrogen (secondary N) is 1. The van der Waals surface area contributed by atoms with Gasteiger partial charge in [-0.3, -0.25) is 0 Å². The van der Waals surface area contributed by atoms with Gasteiger partial charge in [-0.1, -0.05) is 6.07 Å². The first-order valence-corrected chi connectivity index (χ1v) is 3.98. The number of rotatable bonds is 0. The van der Waals surface area contributed by atoms with Crippen molar-refractivity contribution in [3.8, 4) is 0 Å². The minimum Gasteiger partial charge on any atom is -0.443 e. The summed E-state index contributed by atoms with van der Waals surface area (Å²) < 4.78 is 4.72. The number of hydroxylamine groups is 1. The lowest BCUT2D eigenvalue weighted by molar-refractivity contribution is -0.00812. The number of carbonyl (C=O) groups is 2. The third-order valence-corrected chi connectivity index (χ3v) is 1.76. The van der Waals surface area contributed by atoms with E-state index in [0.29, 0.717) is 11.1 Å². The standard InChI is InChI=1S/C9H7NO4/c11-8-6-2-1-3-7(4-6)9(12)14-10-5-13-8/h1-4,10H,5H2. The minimum absolute atomic E-state index is 0.150. The van der Waals surface area contributed by atoms with Gasteiger partial charge < -0.3 is 9.57 Å². The van der Waals surface area contributed by atoms with Crippen molar-refractivity contribution >= 4 is 11.9 Å². The molecule has 1 N–H and O–H groups in total. The molecule has 1 aromatic carbocycles. The molecule has 5 heteroatoms. The Balaban J connectivity index is 2.43. The number of ether oxygens (including phenoxy) is 1. The zero-order valence-corrected chi connectivity index (χ0v) is 7.15. The Bertz CT molecular complexity index is 355. The van der Waals surface area contributed by atoms with Crippen molar-refractivity contribution in [3.63, 3.8) is 0 Å². The maximum absolute atomic E-state index is 11.3. The molecule has 0 amide bonds. The Morgan fingerprint density at radius 3 is 2.64 bits per heavy atom. The van der Waals surface area contributed by atoms with E-state index in [-0.39, 0.29) is 6.73 Å². The van der Waals surface area contributed by atoms with E-state index in [1.165, 1.54) is 6.07 Å². The number of esters is 1. The van der Waals surface area contributed by atoms with E-state index in [9.17, 15) is 9.59 Å². The average molecular weight is 193 g/mol. The molecular weight excluding hydrogens is 186 g/mol. The van der Waals surface area contributed by atoms with Gasteiger partial charge in [-0.15, -0.1) is 5.48 Å². The Hall–Kier alpha value is -1.88. The molecule has 0 fully saturated rings. The zero-order valence-electron chi connectivity index (χ0n) is 7.15. The summed E-state index contributed by atoms with van der Waals surface area (Å²) in [7, 11) is 0. The fourth-order valence-electron chi connectivity index (χ4n) is 1.11. The van der Waals surface area contributed by atoms with Crippen molar-refractivity contribution in [2.24, 2.45) is 0 Å². The lowest BCUT2D eigenvalue weighted by atomic mass is 10.1. The van der Waals surface area contributed by atoms with Gasteiger partial charge in [-0.2, -0.15) is 0 Å². The normalized spacial score (nSPS) is 16.0. The van der Waals surface area contributed by atoms with Crippen LogP contribution in [0.15, 0.2) is 24.3 Å². The Labute approximate surface area is 79.6 Å². The summed E-state index contributed by atoms with van der Waals surface area (Å²) in [5.74, 6) is -1.03. The highest BCUT2D eigenvalue weighted by molar-refractivity contribution is 5.95. The molecule has 0 spiro atoms. The summed E-state index contributed by atoms with van der Waals surface area (Å²) in [6.45, 7) is -0.150. The molecule has 0 saturated heterocycles. The van der Waals surface area contributed by atoms with Gasteiger partial charge in [0, 0.05) is 0 Å². The van der Waals surface area contributed by atoms with Crippen molar-refractivity contribution in [2.75, 3.05) is 6.73 Å². The third-order valence-electron chi connectivity index (χ3n) is 1.76. The molecule has 5 nitrogen and oxygen atoms in total. The zero-order chi connectivity index (χ0) is 9.97. The fourth-order valence-corrected chi connectivity index (χ4v) is 1.11. The van der Waals surface area contributed by atoms with E-state index in [1.54, 1.807) is 18.2 Å². The van der Waals surface area contributed by atoms with Gasteiger partial charge in [-0.05, 0) is 18.2 Å². The summed E-state index contributed by atoms with van der Waals surface area (Å²) in [6, 6.07) is 6.16. The summed E-state index contributed by atoms with van der Waals surface area (Å²) in [5.41, 5.74) is 2.88. The second kappa shape index (κ2) is 3.47. The van der Waals surface area contributed by atoms with Crippen molar-refractivity contribution < 1.29 is 19.2 Å². The van der Waals surface area contributed by atoms with E-state index in [4.69, 9.17) is 4.74 Å². The van der Waals surface area contributed by atoms with Crippen molar-refractivity contribution in [1.82, 2.24) is 5.48 Å². The first-order valence-electron chi connectivity index (χ1n) is 3.98. The van der Waals surface area contributed by atoms with Gasteiger partial charge >= 0.3 is 11.9 Å². The largest absolute Gasteiger partial charge is 0.443 e. The number of cyclic esters (lactones) is 1. The predicted molar refractivity (Wildman–Crippen MR) is 45.3 cm³/mol. The maximum Gasteiger partial charge on any atom is 0.356 e. The number of benzene rings is 1. The summed E-state index contributed by atoms with van der Waals surface area (Å²) in [6.07, 6.45) is 0. The third kappa shape index (κ3) is 1.57. The molecule has 1 aliphatic rings. The van der Waals surface area contributed by atoms with E-state index in [0.717, 1.165) is 0 Å². The van der Waals surface area contributed by atoms with Crippen molar-refractivity contribution in [3.05, 3.63) is 35.4 Å². The second-order valence-corrected chi connectivity index (χ2v) is 2.69. The monoisotopic (exact) mass is 193 g/mol. The van der Waals surface area contributed by atoms with Crippen molar-refractivity contribution in [2.45, 2.75) is 0 Å². The lowest BCUT2D eigenvalue weighted by Gasteiger charge is -2.02. The predicted octanol–water partition coefficient (Wildman–Crippen LogP) is 0.476. The number of carbonyl (C=O) groups excluding carboxylic acids is 2. The van der Waals surface area contributed by atoms with Crippen LogP contribution < -0.4 is 5.48 Å². The molecule has 1 heterocycles. The van der Waals surface area contributed by atoms with Crippen LogP contribution in [0.5, 0.6) is 0 Å². The van der Waals surface area contributed by atoms with Crippen LogP contribution in [0.3, 0.4) is 0 Å². The average Bonchev–Trinajstić information content (AvgIpc) is 2.26. The van der Waals surface area contributed by atoms with Gasteiger partial charge in [0.2, 0.25) is 0 Å². The van der Waals surface area contributed by atoms with Crippen LogP contribution in [0.4, 0.5) is 0 Å². The molecule has 1 aromatic rings. The first kappa shape index (κ1) is 8.71. The molecule has 1 aliphatic heterocycles. The summed E-state index contributed by atoms with van der Waals surface area (Å²) >= 11 is 0. The van der Waals surface area contributed by atoms with E-state index in [2.05, 4.69) is 10.3 Å². The molecule has 0 atom stereocenters. The quantitative estimate of drug-likeness (QED) is 0.607. The van der Waals surface area contributed by atoms with Gasteiger partial charge in [0.15, 0.2) is 6.73 Å². The molecule has 2 rings (SSSR count).